The summed E-state index contributed by atoms with van der Waals surface area (Å²) in [7, 11) is -0.434. The predicted molar refractivity (Wildman–Crippen MR) is 72.6 cm³/mol. The molecule has 0 aromatic carbocycles. The Morgan fingerprint density at radius 2 is 1.79 bits per heavy atom. The smallest absolute Gasteiger partial charge is 0.480 e. The first kappa shape index (κ1) is 12.5. The van der Waals surface area contributed by atoms with Crippen molar-refractivity contribution in [2.45, 2.75) is 38.9 Å². The fourth-order valence-corrected chi connectivity index (χ4v) is 2.11. The molecule has 2 aromatic rings. The molecule has 19 heavy (non-hydrogen) atoms. The Balaban J connectivity index is 2.00. The van der Waals surface area contributed by atoms with Gasteiger partial charge in [0.2, 0.25) is 0 Å². The van der Waals surface area contributed by atoms with Crippen molar-refractivity contribution in [1.29, 1.82) is 0 Å². The van der Waals surface area contributed by atoms with Gasteiger partial charge >= 0.3 is 7.12 Å². The van der Waals surface area contributed by atoms with Crippen LogP contribution >= 0.6 is 0 Å². The van der Waals surface area contributed by atoms with E-state index in [1.807, 2.05) is 39.8 Å². The van der Waals surface area contributed by atoms with Gasteiger partial charge in [0.25, 0.3) is 6.01 Å². The quantitative estimate of drug-likeness (QED) is 0.786. The van der Waals surface area contributed by atoms with Crippen LogP contribution in [0.5, 0.6) is 6.01 Å². The van der Waals surface area contributed by atoms with Gasteiger partial charge in [0.05, 0.1) is 22.9 Å². The second kappa shape index (κ2) is 3.74. The number of fused-ring (bicyclic) bond motifs is 1. The fourth-order valence-electron chi connectivity index (χ4n) is 2.11. The molecular weight excluding hydrogens is 243 g/mol. The third-order valence-corrected chi connectivity index (χ3v) is 4.06. The van der Waals surface area contributed by atoms with Crippen LogP contribution in [0.4, 0.5) is 0 Å². The van der Waals surface area contributed by atoms with Crippen molar-refractivity contribution in [3.63, 3.8) is 0 Å². The summed E-state index contributed by atoms with van der Waals surface area (Å²) in [6, 6.07) is 3.78. The summed E-state index contributed by atoms with van der Waals surface area (Å²) in [5.74, 6) is 0. The van der Waals surface area contributed by atoms with E-state index in [0.29, 0.717) is 0 Å². The molecule has 3 heterocycles. The van der Waals surface area contributed by atoms with E-state index in [4.69, 9.17) is 9.31 Å². The normalized spacial score (nSPS) is 21.2. The monoisotopic (exact) mass is 260 g/mol. The highest BCUT2D eigenvalue weighted by Gasteiger charge is 2.51. The largest absolute Gasteiger partial charge is 0.496 e. The van der Waals surface area contributed by atoms with Gasteiger partial charge in [-0.1, -0.05) is 6.07 Å². The summed E-state index contributed by atoms with van der Waals surface area (Å²) in [5.41, 5.74) is 0.949. The second-order valence-electron chi connectivity index (χ2n) is 5.90. The molecule has 5 nitrogen and oxygen atoms in total. The second-order valence-corrected chi connectivity index (χ2v) is 5.90. The number of aromatic hydroxyl groups is 1. The standard InChI is InChI=1S/C13H17BN2O3/c1-12(2)13(3,4)19-14(18-12)9-5-6-10-7-15-11(17)16(10)8-9/h5-8H,1-4H3,(H,15,17). The third-order valence-electron chi connectivity index (χ3n) is 4.06. The van der Waals surface area contributed by atoms with Gasteiger partial charge in [-0.25, -0.2) is 4.98 Å². The molecule has 1 saturated heterocycles. The molecule has 0 radical (unpaired) electrons. The van der Waals surface area contributed by atoms with Crippen LogP contribution in [0, 0.1) is 0 Å². The van der Waals surface area contributed by atoms with Crippen molar-refractivity contribution in [3.8, 4) is 6.01 Å². The molecule has 0 saturated carbocycles. The van der Waals surface area contributed by atoms with Crippen LogP contribution in [0.2, 0.25) is 0 Å². The number of rotatable bonds is 1. The van der Waals surface area contributed by atoms with Crippen molar-refractivity contribution in [2.75, 3.05) is 0 Å². The van der Waals surface area contributed by atoms with Gasteiger partial charge in [0.15, 0.2) is 0 Å². The van der Waals surface area contributed by atoms with E-state index >= 15 is 0 Å². The van der Waals surface area contributed by atoms with E-state index in [0.717, 1.165) is 11.0 Å². The Bertz CT molecular complexity index is 620. The van der Waals surface area contributed by atoms with E-state index in [9.17, 15) is 5.11 Å². The molecule has 0 atom stereocenters. The van der Waals surface area contributed by atoms with E-state index in [-0.39, 0.29) is 17.2 Å². The first-order valence-corrected chi connectivity index (χ1v) is 6.32. The molecule has 0 unspecified atom stereocenters. The van der Waals surface area contributed by atoms with Crippen molar-refractivity contribution in [1.82, 2.24) is 9.38 Å². The molecular formula is C13H17BN2O3. The zero-order valence-electron chi connectivity index (χ0n) is 11.5. The van der Waals surface area contributed by atoms with E-state index in [1.165, 1.54) is 0 Å². The highest BCUT2D eigenvalue weighted by molar-refractivity contribution is 6.62. The summed E-state index contributed by atoms with van der Waals surface area (Å²) < 4.78 is 13.6. The molecule has 2 aromatic heterocycles. The molecule has 1 N–H and O–H groups in total. The SMILES string of the molecule is CC1(C)OB(c2ccc3cnc(O)n3c2)OC1(C)C. The summed E-state index contributed by atoms with van der Waals surface area (Å²) in [6.07, 6.45) is 3.41. The number of pyridine rings is 1. The molecule has 0 bridgehead atoms. The van der Waals surface area contributed by atoms with Gasteiger partial charge < -0.3 is 14.4 Å². The third kappa shape index (κ3) is 1.83. The van der Waals surface area contributed by atoms with Gasteiger partial charge in [0, 0.05) is 6.20 Å². The van der Waals surface area contributed by atoms with Crippen molar-refractivity contribution in [3.05, 3.63) is 24.5 Å². The van der Waals surface area contributed by atoms with E-state index < -0.39 is 7.12 Å². The van der Waals surface area contributed by atoms with Gasteiger partial charge in [-0.05, 0) is 39.2 Å². The Hall–Kier alpha value is -1.53. The lowest BCUT2D eigenvalue weighted by molar-refractivity contribution is 0.00578. The summed E-state index contributed by atoms with van der Waals surface area (Å²) >= 11 is 0. The van der Waals surface area contributed by atoms with Gasteiger partial charge in [-0.15, -0.1) is 0 Å². The van der Waals surface area contributed by atoms with Crippen LogP contribution in [0.3, 0.4) is 0 Å². The Kier molecular flexibility index (Phi) is 2.46. The zero-order valence-corrected chi connectivity index (χ0v) is 11.5. The van der Waals surface area contributed by atoms with Crippen molar-refractivity contribution in [2.24, 2.45) is 0 Å². The summed E-state index contributed by atoms with van der Waals surface area (Å²) in [5, 5.41) is 9.65. The molecule has 1 aliphatic heterocycles. The van der Waals surface area contributed by atoms with E-state index in [2.05, 4.69) is 4.98 Å². The minimum Gasteiger partial charge on any atom is -0.480 e. The lowest BCUT2D eigenvalue weighted by Gasteiger charge is -2.32. The number of nitrogens with zero attached hydrogens (tertiary/aromatic N) is 2. The fraction of sp³-hybridized carbons (Fsp3) is 0.462. The summed E-state index contributed by atoms with van der Waals surface area (Å²) in [4.78, 5) is 3.86. The van der Waals surface area contributed by atoms with Crippen LogP contribution in [0.15, 0.2) is 24.5 Å². The first-order chi connectivity index (χ1) is 8.80. The number of aromatic nitrogens is 2. The van der Waals surface area contributed by atoms with Crippen LogP contribution < -0.4 is 5.46 Å². The first-order valence-electron chi connectivity index (χ1n) is 6.32. The highest BCUT2D eigenvalue weighted by atomic mass is 16.7. The molecule has 100 valence electrons. The van der Waals surface area contributed by atoms with Gasteiger partial charge in [-0.3, -0.25) is 4.40 Å². The van der Waals surface area contributed by atoms with Crippen LogP contribution in [0.1, 0.15) is 27.7 Å². The maximum atomic E-state index is 9.65. The number of hydrogen-bond donors (Lipinski definition) is 1. The predicted octanol–water partition coefficient (Wildman–Crippen LogP) is 1.34. The van der Waals surface area contributed by atoms with Gasteiger partial charge in [-0.2, -0.15) is 0 Å². The molecule has 6 heteroatoms. The minimum absolute atomic E-state index is 0.0339. The Morgan fingerprint density at radius 1 is 1.16 bits per heavy atom. The average Bonchev–Trinajstić information content (AvgIpc) is 2.78. The molecule has 0 aliphatic carbocycles. The number of hydrogen-bond acceptors (Lipinski definition) is 4. The molecule has 3 rings (SSSR count). The number of imidazole rings is 1. The summed E-state index contributed by atoms with van der Waals surface area (Å²) in [6.45, 7) is 8.06. The molecule has 1 fully saturated rings. The van der Waals surface area contributed by atoms with E-state index in [1.54, 1.807) is 16.8 Å². The lowest BCUT2D eigenvalue weighted by atomic mass is 9.80. The molecule has 0 spiro atoms. The van der Waals surface area contributed by atoms with Crippen molar-refractivity contribution < 1.29 is 14.4 Å². The highest BCUT2D eigenvalue weighted by Crippen LogP contribution is 2.36. The topological polar surface area (TPSA) is 56.0 Å². The molecule has 1 aliphatic rings. The van der Waals surface area contributed by atoms with Crippen LogP contribution in [-0.2, 0) is 9.31 Å². The average molecular weight is 260 g/mol. The van der Waals surface area contributed by atoms with Crippen LogP contribution in [0.25, 0.3) is 5.52 Å². The maximum absolute atomic E-state index is 9.65. The lowest BCUT2D eigenvalue weighted by Crippen LogP contribution is -2.41. The van der Waals surface area contributed by atoms with Gasteiger partial charge in [0.1, 0.15) is 0 Å². The molecule has 0 amide bonds. The maximum Gasteiger partial charge on any atom is 0.496 e. The zero-order chi connectivity index (χ0) is 13.8. The minimum atomic E-state index is -0.434. The van der Waals surface area contributed by atoms with Crippen molar-refractivity contribution >= 4 is 18.1 Å². The Morgan fingerprint density at radius 3 is 2.42 bits per heavy atom. The Labute approximate surface area is 112 Å². The van der Waals surface area contributed by atoms with Crippen LogP contribution in [-0.4, -0.2) is 32.8 Å².